The van der Waals surface area contributed by atoms with Gasteiger partial charge in [0.1, 0.15) is 5.82 Å². The zero-order chi connectivity index (χ0) is 15.7. The molecule has 0 amide bonds. The quantitative estimate of drug-likeness (QED) is 0.803. The lowest BCUT2D eigenvalue weighted by molar-refractivity contribution is -0.154. The molecule has 0 fully saturated rings. The van der Waals surface area contributed by atoms with E-state index in [9.17, 15) is 13.2 Å². The molecule has 2 N–H and O–H groups in total. The van der Waals surface area contributed by atoms with Gasteiger partial charge in [-0.2, -0.15) is 23.3 Å². The van der Waals surface area contributed by atoms with Crippen molar-refractivity contribution >= 4 is 11.3 Å². The molecule has 3 rings (SSSR count). The van der Waals surface area contributed by atoms with E-state index in [1.165, 1.54) is 6.20 Å². The minimum Gasteiger partial charge on any atom is -0.468 e. The number of ether oxygens (including phenoxy) is 1. The highest BCUT2D eigenvalue weighted by molar-refractivity contribution is 5.76. The zero-order valence-corrected chi connectivity index (χ0v) is 11.1. The summed E-state index contributed by atoms with van der Waals surface area (Å²) in [6, 6.07) is 6.52. The third-order valence-corrected chi connectivity index (χ3v) is 2.77. The number of anilines is 1. The van der Waals surface area contributed by atoms with Crippen LogP contribution in [0.2, 0.25) is 0 Å². The smallest absolute Gasteiger partial charge is 0.422 e. The van der Waals surface area contributed by atoms with Gasteiger partial charge < -0.3 is 10.5 Å². The Kier molecular flexibility index (Phi) is 3.32. The minimum atomic E-state index is -4.45. The third-order valence-electron chi connectivity index (χ3n) is 2.77. The first-order chi connectivity index (χ1) is 10.4. The fourth-order valence-corrected chi connectivity index (χ4v) is 1.90. The molecule has 0 atom stereocenters. The highest BCUT2D eigenvalue weighted by Gasteiger charge is 2.29. The van der Waals surface area contributed by atoms with Gasteiger partial charge in [-0.25, -0.2) is 9.50 Å². The van der Waals surface area contributed by atoms with Crippen LogP contribution in [0.5, 0.6) is 5.88 Å². The Bertz CT molecular complexity index is 815. The maximum absolute atomic E-state index is 12.2. The Morgan fingerprint density at radius 2 is 2.05 bits per heavy atom. The van der Waals surface area contributed by atoms with E-state index in [2.05, 4.69) is 19.8 Å². The average molecular weight is 309 g/mol. The van der Waals surface area contributed by atoms with Gasteiger partial charge in [-0.05, 0) is 12.1 Å². The molecule has 22 heavy (non-hydrogen) atoms. The van der Waals surface area contributed by atoms with Crippen molar-refractivity contribution in [3.8, 4) is 17.3 Å². The minimum absolute atomic E-state index is 0.0115. The Morgan fingerprint density at radius 3 is 2.82 bits per heavy atom. The summed E-state index contributed by atoms with van der Waals surface area (Å²) in [7, 11) is 0. The maximum atomic E-state index is 12.2. The maximum Gasteiger partial charge on any atom is 0.422 e. The van der Waals surface area contributed by atoms with E-state index in [-0.39, 0.29) is 17.5 Å². The number of hydrogen-bond acceptors (Lipinski definition) is 5. The van der Waals surface area contributed by atoms with Crippen molar-refractivity contribution in [2.45, 2.75) is 6.18 Å². The fourth-order valence-electron chi connectivity index (χ4n) is 1.90. The number of pyridine rings is 1. The number of hydrogen-bond donors (Lipinski definition) is 1. The lowest BCUT2D eigenvalue weighted by Crippen LogP contribution is -2.20. The molecule has 3 heterocycles. The van der Waals surface area contributed by atoms with Crippen LogP contribution in [-0.2, 0) is 0 Å². The molecular weight excluding hydrogens is 299 g/mol. The largest absolute Gasteiger partial charge is 0.468 e. The van der Waals surface area contributed by atoms with Crippen LogP contribution in [0.1, 0.15) is 0 Å². The predicted octanol–water partition coefficient (Wildman–Crippen LogP) is 2.31. The van der Waals surface area contributed by atoms with Gasteiger partial charge in [-0.1, -0.05) is 6.07 Å². The van der Waals surface area contributed by atoms with Crippen LogP contribution >= 0.6 is 0 Å². The summed E-state index contributed by atoms with van der Waals surface area (Å²) in [4.78, 5) is 7.99. The first-order valence-corrected chi connectivity index (χ1v) is 6.19. The number of rotatable bonds is 3. The molecule has 0 unspecified atom stereocenters. The molecule has 0 saturated carbocycles. The second-order valence-corrected chi connectivity index (χ2v) is 4.45. The highest BCUT2D eigenvalue weighted by Crippen LogP contribution is 2.25. The molecule has 3 aromatic rings. The second-order valence-electron chi connectivity index (χ2n) is 4.45. The van der Waals surface area contributed by atoms with Gasteiger partial charge in [0, 0.05) is 12.3 Å². The molecule has 0 aliphatic rings. The van der Waals surface area contributed by atoms with Gasteiger partial charge in [0.2, 0.25) is 5.88 Å². The Labute approximate surface area is 122 Å². The van der Waals surface area contributed by atoms with Gasteiger partial charge in [-0.15, -0.1) is 0 Å². The Hall–Kier alpha value is -2.84. The van der Waals surface area contributed by atoms with Crippen LogP contribution in [0.25, 0.3) is 16.9 Å². The van der Waals surface area contributed by atoms with Crippen LogP contribution in [-0.4, -0.2) is 32.4 Å². The molecule has 0 spiro atoms. The van der Waals surface area contributed by atoms with E-state index >= 15 is 0 Å². The summed E-state index contributed by atoms with van der Waals surface area (Å²) in [6.07, 6.45) is -1.21. The zero-order valence-electron chi connectivity index (χ0n) is 11.1. The summed E-state index contributed by atoms with van der Waals surface area (Å²) < 4.78 is 42.8. The molecule has 0 radical (unpaired) electrons. The standard InChI is InChI=1S/C13H10F3N5O/c14-13(15,16)7-22-11-5-10(17)19-12(20-11)8-6-18-21-4-2-1-3-9(8)21/h1-6H,7H2,(H2,17,19,20). The van der Waals surface area contributed by atoms with Crippen molar-refractivity contribution < 1.29 is 17.9 Å². The number of nitrogens with two attached hydrogens (primary N) is 1. The Balaban J connectivity index is 1.99. The molecular formula is C13H10F3N5O. The van der Waals surface area contributed by atoms with E-state index in [1.54, 1.807) is 28.9 Å². The van der Waals surface area contributed by atoms with Crippen LogP contribution in [0.15, 0.2) is 36.7 Å². The third kappa shape index (κ3) is 2.92. The van der Waals surface area contributed by atoms with Gasteiger partial charge >= 0.3 is 6.18 Å². The SMILES string of the molecule is Nc1cc(OCC(F)(F)F)nc(-c2cnn3ccccc23)n1. The van der Waals surface area contributed by atoms with Crippen molar-refractivity contribution in [2.75, 3.05) is 12.3 Å². The van der Waals surface area contributed by atoms with E-state index in [0.717, 1.165) is 6.07 Å². The van der Waals surface area contributed by atoms with E-state index in [4.69, 9.17) is 5.73 Å². The lowest BCUT2D eigenvalue weighted by Gasteiger charge is -2.09. The molecule has 0 saturated heterocycles. The van der Waals surface area contributed by atoms with E-state index < -0.39 is 12.8 Å². The van der Waals surface area contributed by atoms with Gasteiger partial charge in [0.05, 0.1) is 17.3 Å². The number of alkyl halides is 3. The van der Waals surface area contributed by atoms with Crippen LogP contribution in [0.4, 0.5) is 19.0 Å². The first kappa shape index (κ1) is 14.1. The van der Waals surface area contributed by atoms with Gasteiger partial charge in [-0.3, -0.25) is 0 Å². The second kappa shape index (κ2) is 5.17. The summed E-state index contributed by atoms with van der Waals surface area (Å²) >= 11 is 0. The van der Waals surface area contributed by atoms with Crippen molar-refractivity contribution in [3.63, 3.8) is 0 Å². The molecule has 0 aromatic carbocycles. The fraction of sp³-hybridized carbons (Fsp3) is 0.154. The summed E-state index contributed by atoms with van der Waals surface area (Å²) in [5.41, 5.74) is 6.86. The van der Waals surface area contributed by atoms with Crippen molar-refractivity contribution in [3.05, 3.63) is 36.7 Å². The first-order valence-electron chi connectivity index (χ1n) is 6.19. The molecule has 114 valence electrons. The number of halogens is 3. The molecule has 3 aromatic heterocycles. The highest BCUT2D eigenvalue weighted by atomic mass is 19.4. The topological polar surface area (TPSA) is 78.3 Å². The number of fused-ring (bicyclic) bond motifs is 1. The number of aromatic nitrogens is 4. The molecule has 6 nitrogen and oxygen atoms in total. The number of nitrogen functional groups attached to an aromatic ring is 1. The van der Waals surface area contributed by atoms with Crippen molar-refractivity contribution in [1.82, 2.24) is 19.6 Å². The van der Waals surface area contributed by atoms with E-state index in [1.807, 2.05) is 0 Å². The Morgan fingerprint density at radius 1 is 1.23 bits per heavy atom. The summed E-state index contributed by atoms with van der Waals surface area (Å²) in [5, 5.41) is 4.11. The monoisotopic (exact) mass is 309 g/mol. The molecule has 0 aliphatic carbocycles. The van der Waals surface area contributed by atoms with Crippen LogP contribution in [0, 0.1) is 0 Å². The van der Waals surface area contributed by atoms with Crippen molar-refractivity contribution in [2.24, 2.45) is 0 Å². The number of nitrogens with zero attached hydrogens (tertiary/aromatic N) is 4. The van der Waals surface area contributed by atoms with Crippen LogP contribution < -0.4 is 10.5 Å². The van der Waals surface area contributed by atoms with E-state index in [0.29, 0.717) is 11.1 Å². The molecule has 0 aliphatic heterocycles. The molecule has 9 heteroatoms. The van der Waals surface area contributed by atoms with Gasteiger partial charge in [0.15, 0.2) is 12.4 Å². The predicted molar refractivity (Wildman–Crippen MR) is 72.2 cm³/mol. The lowest BCUT2D eigenvalue weighted by atomic mass is 10.2. The molecule has 0 bridgehead atoms. The average Bonchev–Trinajstić information content (AvgIpc) is 2.88. The summed E-state index contributed by atoms with van der Waals surface area (Å²) in [5.74, 6) is -0.0778. The van der Waals surface area contributed by atoms with Gasteiger partial charge in [0.25, 0.3) is 0 Å². The van der Waals surface area contributed by atoms with Crippen molar-refractivity contribution in [1.29, 1.82) is 0 Å². The van der Waals surface area contributed by atoms with Crippen LogP contribution in [0.3, 0.4) is 0 Å². The normalized spacial score (nSPS) is 11.8. The summed E-state index contributed by atoms with van der Waals surface area (Å²) in [6.45, 7) is -1.45.